The molecule has 0 aliphatic heterocycles. The average Bonchev–Trinajstić information content (AvgIpc) is 2.61. The minimum Gasteiger partial charge on any atom is -0.495 e. The molecule has 0 fully saturated rings. The van der Waals surface area contributed by atoms with Gasteiger partial charge in [-0.3, -0.25) is 9.59 Å². The van der Waals surface area contributed by atoms with Gasteiger partial charge in [-0.15, -0.1) is 0 Å². The Morgan fingerprint density at radius 2 is 1.77 bits per heavy atom. The van der Waals surface area contributed by atoms with E-state index in [2.05, 4.69) is 16.0 Å². The highest BCUT2D eigenvalue weighted by atomic mass is 35.5. The number of benzene rings is 2. The van der Waals surface area contributed by atoms with Crippen LogP contribution in [0.3, 0.4) is 0 Å². The topological polar surface area (TPSA) is 79.5 Å². The highest BCUT2D eigenvalue weighted by Gasteiger charge is 2.10. The first kappa shape index (κ1) is 19.9. The first-order chi connectivity index (χ1) is 12.4. The molecule has 2 amide bonds. The molecular weight excluding hydrogens is 377 g/mol. The minimum atomic E-state index is -0.350. The molecular formula is C18H19Cl2N3O3. The van der Waals surface area contributed by atoms with Gasteiger partial charge < -0.3 is 20.7 Å². The number of hydrogen-bond acceptors (Lipinski definition) is 4. The molecule has 0 heterocycles. The molecule has 138 valence electrons. The van der Waals surface area contributed by atoms with E-state index < -0.39 is 0 Å². The first-order valence-electron chi connectivity index (χ1n) is 7.79. The first-order valence-corrected chi connectivity index (χ1v) is 8.54. The van der Waals surface area contributed by atoms with Crippen LogP contribution in [0.4, 0.5) is 11.4 Å². The Morgan fingerprint density at radius 3 is 2.46 bits per heavy atom. The number of hydrogen-bond donors (Lipinski definition) is 3. The van der Waals surface area contributed by atoms with Gasteiger partial charge in [0.15, 0.2) is 0 Å². The van der Waals surface area contributed by atoms with Crippen molar-refractivity contribution in [2.45, 2.75) is 6.92 Å². The maximum absolute atomic E-state index is 12.0. The largest absolute Gasteiger partial charge is 0.495 e. The van der Waals surface area contributed by atoms with Gasteiger partial charge in [0.1, 0.15) is 5.75 Å². The molecule has 0 aliphatic carbocycles. The van der Waals surface area contributed by atoms with Crippen LogP contribution in [-0.2, 0) is 9.59 Å². The highest BCUT2D eigenvalue weighted by molar-refractivity contribution is 6.42. The van der Waals surface area contributed by atoms with E-state index in [0.29, 0.717) is 27.2 Å². The van der Waals surface area contributed by atoms with Gasteiger partial charge in [0.25, 0.3) is 0 Å². The highest BCUT2D eigenvalue weighted by Crippen LogP contribution is 2.25. The van der Waals surface area contributed by atoms with E-state index in [-0.39, 0.29) is 24.9 Å². The van der Waals surface area contributed by atoms with Gasteiger partial charge in [0.2, 0.25) is 11.8 Å². The van der Waals surface area contributed by atoms with E-state index in [1.807, 2.05) is 13.0 Å². The van der Waals surface area contributed by atoms with Crippen LogP contribution in [0.1, 0.15) is 5.56 Å². The van der Waals surface area contributed by atoms with Gasteiger partial charge >= 0.3 is 0 Å². The third kappa shape index (κ3) is 5.82. The summed E-state index contributed by atoms with van der Waals surface area (Å²) in [5, 5.41) is 8.98. The van der Waals surface area contributed by atoms with E-state index in [9.17, 15) is 9.59 Å². The summed E-state index contributed by atoms with van der Waals surface area (Å²) < 4.78 is 5.20. The summed E-state index contributed by atoms with van der Waals surface area (Å²) in [6, 6.07) is 10.4. The fourth-order valence-electron chi connectivity index (χ4n) is 2.14. The summed E-state index contributed by atoms with van der Waals surface area (Å²) in [6.45, 7) is 1.75. The minimum absolute atomic E-state index is 0.000985. The number of amides is 2. The van der Waals surface area contributed by atoms with Crippen molar-refractivity contribution in [3.05, 3.63) is 52.0 Å². The number of methoxy groups -OCH3 is 1. The summed E-state index contributed by atoms with van der Waals surface area (Å²) in [5.41, 5.74) is 2.19. The molecule has 0 spiro atoms. The molecule has 6 nitrogen and oxygen atoms in total. The molecule has 0 aliphatic rings. The molecule has 2 rings (SSSR count). The normalized spacial score (nSPS) is 10.2. The Bertz CT molecular complexity index is 812. The van der Waals surface area contributed by atoms with Gasteiger partial charge in [-0.25, -0.2) is 0 Å². The number of rotatable bonds is 7. The lowest BCUT2D eigenvalue weighted by Gasteiger charge is -2.12. The Morgan fingerprint density at radius 1 is 1.00 bits per heavy atom. The van der Waals surface area contributed by atoms with E-state index in [1.165, 1.54) is 7.11 Å². The average molecular weight is 396 g/mol. The lowest BCUT2D eigenvalue weighted by atomic mass is 10.2. The number of aryl methyl sites for hydroxylation is 1. The third-order valence-corrected chi connectivity index (χ3v) is 4.19. The monoisotopic (exact) mass is 395 g/mol. The van der Waals surface area contributed by atoms with Crippen LogP contribution in [0.5, 0.6) is 5.75 Å². The molecule has 2 aromatic carbocycles. The molecule has 0 radical (unpaired) electrons. The third-order valence-electron chi connectivity index (χ3n) is 3.45. The van der Waals surface area contributed by atoms with E-state index >= 15 is 0 Å². The molecule has 0 bridgehead atoms. The van der Waals surface area contributed by atoms with Crippen LogP contribution < -0.4 is 20.7 Å². The zero-order valence-electron chi connectivity index (χ0n) is 14.4. The summed E-state index contributed by atoms with van der Waals surface area (Å²) in [4.78, 5) is 23.9. The number of halogens is 2. The molecule has 26 heavy (non-hydrogen) atoms. The van der Waals surface area contributed by atoms with Gasteiger partial charge in [-0.2, -0.15) is 0 Å². The van der Waals surface area contributed by atoms with Crippen LogP contribution in [-0.4, -0.2) is 32.0 Å². The van der Waals surface area contributed by atoms with Crippen molar-refractivity contribution >= 4 is 46.4 Å². The Balaban J connectivity index is 1.80. The molecule has 3 N–H and O–H groups in total. The van der Waals surface area contributed by atoms with Crippen molar-refractivity contribution in [3.8, 4) is 5.75 Å². The zero-order chi connectivity index (χ0) is 19.1. The smallest absolute Gasteiger partial charge is 0.243 e. The fourth-order valence-corrected chi connectivity index (χ4v) is 2.44. The Kier molecular flexibility index (Phi) is 7.12. The lowest BCUT2D eigenvalue weighted by Crippen LogP contribution is -2.36. The molecule has 0 unspecified atom stereocenters. The summed E-state index contributed by atoms with van der Waals surface area (Å²) in [6.07, 6.45) is 0. The quantitative estimate of drug-likeness (QED) is 0.670. The van der Waals surface area contributed by atoms with Crippen LogP contribution in [0.2, 0.25) is 10.0 Å². The van der Waals surface area contributed by atoms with Crippen molar-refractivity contribution in [1.82, 2.24) is 5.32 Å². The number of carbonyl (C=O) groups excluding carboxylic acids is 2. The summed E-state index contributed by atoms with van der Waals surface area (Å²) >= 11 is 11.7. The second-order valence-corrected chi connectivity index (χ2v) is 6.33. The number of ether oxygens (including phenoxy) is 1. The van der Waals surface area contributed by atoms with Crippen LogP contribution in [0, 0.1) is 6.92 Å². The SMILES string of the molecule is COc1ccc(C)cc1NC(=O)CNC(=O)CNc1ccc(Cl)c(Cl)c1. The molecule has 0 saturated carbocycles. The standard InChI is InChI=1S/C18H19Cl2N3O3/c1-11-3-6-16(26-2)15(7-11)23-18(25)10-22-17(24)9-21-12-4-5-13(19)14(20)8-12/h3-8,21H,9-10H2,1-2H3,(H,22,24)(H,23,25). The van der Waals surface area contributed by atoms with Crippen molar-refractivity contribution in [2.75, 3.05) is 30.8 Å². The molecule has 8 heteroatoms. The number of nitrogens with one attached hydrogen (secondary N) is 3. The van der Waals surface area contributed by atoms with Gasteiger partial charge in [-0.05, 0) is 42.8 Å². The summed E-state index contributed by atoms with van der Waals surface area (Å²) in [5.74, 6) is -0.129. The molecule has 0 aromatic heterocycles. The number of anilines is 2. The summed E-state index contributed by atoms with van der Waals surface area (Å²) in [7, 11) is 1.52. The van der Waals surface area contributed by atoms with Crippen molar-refractivity contribution < 1.29 is 14.3 Å². The molecule has 0 saturated heterocycles. The van der Waals surface area contributed by atoms with Crippen LogP contribution >= 0.6 is 23.2 Å². The molecule has 0 atom stereocenters. The van der Waals surface area contributed by atoms with Crippen molar-refractivity contribution in [3.63, 3.8) is 0 Å². The van der Waals surface area contributed by atoms with E-state index in [1.54, 1.807) is 30.3 Å². The van der Waals surface area contributed by atoms with Gasteiger partial charge in [-0.1, -0.05) is 29.3 Å². The van der Waals surface area contributed by atoms with E-state index in [4.69, 9.17) is 27.9 Å². The Hall–Kier alpha value is -2.44. The maximum Gasteiger partial charge on any atom is 0.243 e. The second kappa shape index (κ2) is 9.31. The lowest BCUT2D eigenvalue weighted by molar-refractivity contribution is -0.122. The predicted octanol–water partition coefficient (Wildman–Crippen LogP) is 3.48. The van der Waals surface area contributed by atoms with Gasteiger partial charge in [0, 0.05) is 5.69 Å². The van der Waals surface area contributed by atoms with Gasteiger partial charge in [0.05, 0.1) is 35.9 Å². The number of carbonyl (C=O) groups is 2. The fraction of sp³-hybridized carbons (Fsp3) is 0.222. The zero-order valence-corrected chi connectivity index (χ0v) is 15.9. The maximum atomic E-state index is 12.0. The molecule has 2 aromatic rings. The Labute approximate surface area is 161 Å². The predicted molar refractivity (Wildman–Crippen MR) is 104 cm³/mol. The van der Waals surface area contributed by atoms with Crippen molar-refractivity contribution in [2.24, 2.45) is 0 Å². The van der Waals surface area contributed by atoms with Crippen LogP contribution in [0.25, 0.3) is 0 Å². The van der Waals surface area contributed by atoms with Crippen LogP contribution in [0.15, 0.2) is 36.4 Å². The van der Waals surface area contributed by atoms with Crippen molar-refractivity contribution in [1.29, 1.82) is 0 Å². The van der Waals surface area contributed by atoms with E-state index in [0.717, 1.165) is 5.56 Å². The second-order valence-electron chi connectivity index (χ2n) is 5.51.